The number of para-hydroxylation sites is 2. The van der Waals surface area contributed by atoms with E-state index < -0.39 is 0 Å². The molecule has 0 spiro atoms. The Morgan fingerprint density at radius 3 is 1.85 bits per heavy atom. The minimum Gasteiger partial charge on any atom is -0.457 e. The average molecular weight is 525 g/mol. The van der Waals surface area contributed by atoms with Crippen LogP contribution in [0.5, 0.6) is 11.5 Å². The Kier molecular flexibility index (Phi) is 6.79. The predicted octanol–water partition coefficient (Wildman–Crippen LogP) is 8.92. The number of nitrogens with zero attached hydrogens (tertiary/aromatic N) is 4. The van der Waals surface area contributed by atoms with Crippen LogP contribution in [0.15, 0.2) is 116 Å². The molecule has 0 atom stereocenters. The molecule has 0 aliphatic heterocycles. The van der Waals surface area contributed by atoms with Gasteiger partial charge in [0, 0.05) is 41.6 Å². The van der Waals surface area contributed by atoms with Crippen LogP contribution in [0.3, 0.4) is 0 Å². The maximum absolute atomic E-state index is 6.38. The fourth-order valence-corrected chi connectivity index (χ4v) is 5.25. The van der Waals surface area contributed by atoms with Crippen molar-refractivity contribution in [3.8, 4) is 45.6 Å². The maximum Gasteiger partial charge on any atom is 0.144 e. The summed E-state index contributed by atoms with van der Waals surface area (Å²) in [5.41, 5.74) is 7.98. The monoisotopic (exact) mass is 524 g/mol. The van der Waals surface area contributed by atoms with Crippen LogP contribution >= 0.6 is 0 Å². The molecule has 0 unspecified atom stereocenters. The summed E-state index contributed by atoms with van der Waals surface area (Å²) >= 11 is 0. The van der Waals surface area contributed by atoms with Crippen LogP contribution in [0.2, 0.25) is 0 Å². The summed E-state index contributed by atoms with van der Waals surface area (Å²) < 4.78 is 10.7. The smallest absolute Gasteiger partial charge is 0.144 e. The number of hydrogen-bond acceptors (Lipinski definition) is 3. The molecule has 5 nitrogen and oxygen atoms in total. The zero-order chi connectivity index (χ0) is 27.6. The Morgan fingerprint density at radius 2 is 1.20 bits per heavy atom. The second kappa shape index (κ2) is 10.7. The fraction of sp³-hybridized carbons (Fsp3) is 0.143. The number of benzene rings is 4. The number of aryl methyl sites for hydroxylation is 2. The molecule has 0 radical (unpaired) electrons. The van der Waals surface area contributed by atoms with Gasteiger partial charge >= 0.3 is 0 Å². The van der Waals surface area contributed by atoms with Gasteiger partial charge in [0.1, 0.15) is 23.1 Å². The van der Waals surface area contributed by atoms with Crippen molar-refractivity contribution in [3.63, 3.8) is 0 Å². The summed E-state index contributed by atoms with van der Waals surface area (Å²) in [6.07, 6.45) is 7.73. The van der Waals surface area contributed by atoms with Crippen molar-refractivity contribution in [1.29, 1.82) is 0 Å². The lowest BCUT2D eigenvalue weighted by atomic mass is 9.98. The highest BCUT2D eigenvalue weighted by Crippen LogP contribution is 2.33. The zero-order valence-corrected chi connectivity index (χ0v) is 23.2. The number of aromatic nitrogens is 4. The summed E-state index contributed by atoms with van der Waals surface area (Å²) in [5, 5.41) is 0. The van der Waals surface area contributed by atoms with Gasteiger partial charge in [-0.15, -0.1) is 0 Å². The Bertz CT molecular complexity index is 1790. The number of hydrogen-bond donors (Lipinski definition) is 0. The van der Waals surface area contributed by atoms with Crippen molar-refractivity contribution in [2.24, 2.45) is 0 Å². The summed E-state index contributed by atoms with van der Waals surface area (Å²) in [6, 6.07) is 31.0. The molecule has 2 heterocycles. The fourth-order valence-electron chi connectivity index (χ4n) is 5.25. The van der Waals surface area contributed by atoms with Crippen molar-refractivity contribution in [1.82, 2.24) is 19.1 Å². The molecule has 0 saturated carbocycles. The van der Waals surface area contributed by atoms with Crippen molar-refractivity contribution in [3.05, 3.63) is 132 Å². The number of rotatable bonds is 7. The average Bonchev–Trinajstić information content (AvgIpc) is 3.64. The Morgan fingerprint density at radius 1 is 0.625 bits per heavy atom. The van der Waals surface area contributed by atoms with Crippen LogP contribution < -0.4 is 4.74 Å². The van der Waals surface area contributed by atoms with Crippen LogP contribution in [-0.2, 0) is 0 Å². The second-order valence-corrected chi connectivity index (χ2v) is 10.4. The highest BCUT2D eigenvalue weighted by atomic mass is 16.5. The second-order valence-electron chi connectivity index (χ2n) is 10.4. The Hall–Kier alpha value is -4.90. The molecule has 0 amide bonds. The van der Waals surface area contributed by atoms with E-state index in [1.165, 1.54) is 22.4 Å². The van der Waals surface area contributed by atoms with Crippen molar-refractivity contribution in [2.45, 2.75) is 33.6 Å². The molecule has 0 fully saturated rings. The highest BCUT2D eigenvalue weighted by Gasteiger charge is 2.16. The van der Waals surface area contributed by atoms with Crippen molar-refractivity contribution >= 4 is 0 Å². The lowest BCUT2D eigenvalue weighted by Crippen LogP contribution is -2.05. The Labute approximate surface area is 235 Å². The van der Waals surface area contributed by atoms with Gasteiger partial charge < -0.3 is 4.74 Å². The number of imidazole rings is 2. The molecule has 6 aromatic rings. The minimum atomic E-state index is 0.397. The van der Waals surface area contributed by atoms with Gasteiger partial charge in [0.2, 0.25) is 0 Å². The third-order valence-corrected chi connectivity index (χ3v) is 7.21. The van der Waals surface area contributed by atoms with Gasteiger partial charge in [0.25, 0.3) is 0 Å². The summed E-state index contributed by atoms with van der Waals surface area (Å²) in [6.45, 7) is 8.72. The molecule has 6 rings (SSSR count). The van der Waals surface area contributed by atoms with E-state index in [1.807, 2.05) is 67.3 Å². The van der Waals surface area contributed by atoms with E-state index in [2.05, 4.69) is 90.3 Å². The van der Waals surface area contributed by atoms with Crippen molar-refractivity contribution in [2.75, 3.05) is 0 Å². The third kappa shape index (κ3) is 4.82. The van der Waals surface area contributed by atoms with Crippen LogP contribution in [0, 0.1) is 13.8 Å². The molecular formula is C35H32N4O. The normalized spacial score (nSPS) is 11.2. The van der Waals surface area contributed by atoms with Gasteiger partial charge in [-0.25, -0.2) is 9.97 Å². The predicted molar refractivity (Wildman–Crippen MR) is 162 cm³/mol. The third-order valence-electron chi connectivity index (χ3n) is 7.21. The first-order chi connectivity index (χ1) is 19.5. The largest absolute Gasteiger partial charge is 0.457 e. The molecule has 0 bridgehead atoms. The first kappa shape index (κ1) is 25.4. The van der Waals surface area contributed by atoms with Gasteiger partial charge in [-0.2, -0.15) is 0 Å². The lowest BCUT2D eigenvalue weighted by Gasteiger charge is -2.18. The Balaban J connectivity index is 1.32. The molecule has 40 heavy (non-hydrogen) atoms. The van der Waals surface area contributed by atoms with Gasteiger partial charge in [-0.1, -0.05) is 74.5 Å². The van der Waals surface area contributed by atoms with E-state index in [9.17, 15) is 0 Å². The molecule has 2 aromatic heterocycles. The van der Waals surface area contributed by atoms with E-state index in [-0.39, 0.29) is 0 Å². The van der Waals surface area contributed by atoms with E-state index in [4.69, 9.17) is 9.72 Å². The SMILES string of the molecule is Cc1ccccc1-n1ccnc1-c1cccc(Oc2cccc(-c3nccn3-c3c(C)cccc3C(C)C)c2)c1. The van der Waals surface area contributed by atoms with Gasteiger partial charge in [-0.05, 0) is 66.8 Å². The summed E-state index contributed by atoms with van der Waals surface area (Å²) in [4.78, 5) is 9.40. The molecule has 0 aliphatic carbocycles. The molecule has 198 valence electrons. The van der Waals surface area contributed by atoms with E-state index in [0.29, 0.717) is 5.92 Å². The molecule has 4 aromatic carbocycles. The standard InChI is InChI=1S/C35H32N4O/c1-24(2)31-16-7-11-26(4)33(31)39-21-19-37-35(39)28-13-9-15-30(23-28)40-29-14-8-12-27(22-29)34-36-18-20-38(34)32-17-6-5-10-25(32)3/h5-24H,1-4H3. The van der Waals surface area contributed by atoms with E-state index in [0.717, 1.165) is 40.0 Å². The highest BCUT2D eigenvalue weighted by molar-refractivity contribution is 5.65. The topological polar surface area (TPSA) is 44.9 Å². The molecule has 0 saturated heterocycles. The first-order valence-corrected chi connectivity index (χ1v) is 13.6. The van der Waals surface area contributed by atoms with Gasteiger partial charge in [0.15, 0.2) is 0 Å². The quantitative estimate of drug-likeness (QED) is 0.209. The molecule has 0 aliphatic rings. The molecular weight excluding hydrogens is 492 g/mol. The van der Waals surface area contributed by atoms with E-state index >= 15 is 0 Å². The van der Waals surface area contributed by atoms with Crippen LogP contribution in [0.1, 0.15) is 36.5 Å². The molecule has 5 heteroatoms. The zero-order valence-electron chi connectivity index (χ0n) is 23.2. The van der Waals surface area contributed by atoms with Crippen molar-refractivity contribution < 1.29 is 4.74 Å². The molecule has 0 N–H and O–H groups in total. The lowest BCUT2D eigenvalue weighted by molar-refractivity contribution is 0.483. The van der Waals surface area contributed by atoms with Gasteiger partial charge in [-0.3, -0.25) is 9.13 Å². The first-order valence-electron chi connectivity index (χ1n) is 13.6. The van der Waals surface area contributed by atoms with Crippen LogP contribution in [-0.4, -0.2) is 19.1 Å². The summed E-state index contributed by atoms with van der Waals surface area (Å²) in [7, 11) is 0. The number of ether oxygens (including phenoxy) is 1. The van der Waals surface area contributed by atoms with Crippen LogP contribution in [0.25, 0.3) is 34.2 Å². The van der Waals surface area contributed by atoms with Gasteiger partial charge in [0.05, 0.1) is 5.69 Å². The van der Waals surface area contributed by atoms with E-state index in [1.54, 1.807) is 0 Å². The minimum absolute atomic E-state index is 0.397. The maximum atomic E-state index is 6.38. The summed E-state index contributed by atoms with van der Waals surface area (Å²) in [5.74, 6) is 3.65. The van der Waals surface area contributed by atoms with Crippen LogP contribution in [0.4, 0.5) is 0 Å².